The molecule has 84 valence electrons. The zero-order valence-electron chi connectivity index (χ0n) is 9.90. The minimum atomic E-state index is 0.612. The Morgan fingerprint density at radius 2 is 1.88 bits per heavy atom. The minimum absolute atomic E-state index is 0.612. The summed E-state index contributed by atoms with van der Waals surface area (Å²) < 4.78 is 5.20. The highest BCUT2D eigenvalue weighted by atomic mass is 16.5. The third kappa shape index (κ3) is 2.46. The van der Waals surface area contributed by atoms with Crippen molar-refractivity contribution in [3.8, 4) is 22.9 Å². The highest BCUT2D eigenvalue weighted by Gasteiger charge is 2.03. The van der Waals surface area contributed by atoms with Crippen LogP contribution in [0, 0.1) is 18.3 Å². The van der Waals surface area contributed by atoms with Gasteiger partial charge >= 0.3 is 0 Å². The Morgan fingerprint density at radius 3 is 2.53 bits per heavy atom. The van der Waals surface area contributed by atoms with E-state index in [0.29, 0.717) is 11.3 Å². The van der Waals surface area contributed by atoms with Crippen LogP contribution in [-0.2, 0) is 0 Å². The molecular weight excluding hydrogens is 210 g/mol. The van der Waals surface area contributed by atoms with Crippen molar-refractivity contribution in [1.29, 1.82) is 5.26 Å². The van der Waals surface area contributed by atoms with Crippen molar-refractivity contribution in [3.63, 3.8) is 0 Å². The van der Waals surface area contributed by atoms with Crippen LogP contribution in [0.4, 0.5) is 0 Å². The van der Waals surface area contributed by atoms with E-state index in [4.69, 9.17) is 10.00 Å². The van der Waals surface area contributed by atoms with Crippen molar-refractivity contribution in [2.45, 2.75) is 6.92 Å². The van der Waals surface area contributed by atoms with Crippen LogP contribution in [0.2, 0.25) is 0 Å². The number of methoxy groups -OCH3 is 1. The van der Waals surface area contributed by atoms with E-state index in [1.165, 1.54) is 5.56 Å². The molecule has 0 aliphatic heterocycles. The van der Waals surface area contributed by atoms with Crippen LogP contribution < -0.4 is 4.74 Å². The molecule has 2 aromatic carbocycles. The quantitative estimate of drug-likeness (QED) is 0.780. The molecule has 0 atom stereocenters. The van der Waals surface area contributed by atoms with Crippen LogP contribution in [0.3, 0.4) is 0 Å². The normalized spacial score (nSPS) is 9.71. The molecule has 0 aliphatic rings. The first-order valence-corrected chi connectivity index (χ1v) is 5.39. The predicted molar refractivity (Wildman–Crippen MR) is 67.9 cm³/mol. The van der Waals surface area contributed by atoms with Gasteiger partial charge in [-0.25, -0.2) is 0 Å². The first kappa shape index (κ1) is 11.2. The Bertz CT molecular complexity index is 582. The number of nitriles is 1. The van der Waals surface area contributed by atoms with E-state index < -0.39 is 0 Å². The molecule has 0 spiro atoms. The van der Waals surface area contributed by atoms with Crippen molar-refractivity contribution in [2.24, 2.45) is 0 Å². The van der Waals surface area contributed by atoms with Gasteiger partial charge in [0.05, 0.1) is 18.7 Å². The summed E-state index contributed by atoms with van der Waals surface area (Å²) in [7, 11) is 1.61. The van der Waals surface area contributed by atoms with Crippen molar-refractivity contribution in [2.75, 3.05) is 7.11 Å². The second-order valence-electron chi connectivity index (χ2n) is 3.93. The van der Waals surface area contributed by atoms with Gasteiger partial charge < -0.3 is 4.74 Å². The number of aryl methyl sites for hydroxylation is 1. The average molecular weight is 223 g/mol. The second kappa shape index (κ2) is 4.71. The molecule has 0 aliphatic carbocycles. The summed E-state index contributed by atoms with van der Waals surface area (Å²) in [6, 6.07) is 15.9. The molecule has 0 heterocycles. The zero-order chi connectivity index (χ0) is 12.3. The van der Waals surface area contributed by atoms with Gasteiger partial charge in [-0.3, -0.25) is 0 Å². The molecule has 0 amide bonds. The van der Waals surface area contributed by atoms with Crippen LogP contribution >= 0.6 is 0 Å². The van der Waals surface area contributed by atoms with Gasteiger partial charge in [0, 0.05) is 0 Å². The standard InChI is InChI=1S/C15H13NO/c1-11-4-3-5-13(6-11)14-7-12(10-16)8-15(9-14)17-2/h3-9H,1-2H3. The van der Waals surface area contributed by atoms with Gasteiger partial charge in [0.2, 0.25) is 0 Å². The molecule has 0 unspecified atom stereocenters. The summed E-state index contributed by atoms with van der Waals surface area (Å²) in [5, 5.41) is 8.98. The Morgan fingerprint density at radius 1 is 1.06 bits per heavy atom. The summed E-state index contributed by atoms with van der Waals surface area (Å²) in [5.41, 5.74) is 3.91. The van der Waals surface area contributed by atoms with E-state index >= 15 is 0 Å². The number of rotatable bonds is 2. The minimum Gasteiger partial charge on any atom is -0.497 e. The van der Waals surface area contributed by atoms with Gasteiger partial charge in [0.1, 0.15) is 5.75 Å². The maximum Gasteiger partial charge on any atom is 0.120 e. The molecule has 17 heavy (non-hydrogen) atoms. The van der Waals surface area contributed by atoms with E-state index in [1.807, 2.05) is 24.3 Å². The molecule has 0 bridgehead atoms. The third-order valence-electron chi connectivity index (χ3n) is 2.62. The van der Waals surface area contributed by atoms with E-state index in [2.05, 4.69) is 25.1 Å². The molecule has 2 nitrogen and oxygen atoms in total. The van der Waals surface area contributed by atoms with Crippen LogP contribution in [0.1, 0.15) is 11.1 Å². The van der Waals surface area contributed by atoms with E-state index in [-0.39, 0.29) is 0 Å². The molecular formula is C15H13NO. The summed E-state index contributed by atoms with van der Waals surface area (Å²) in [6.45, 7) is 2.05. The smallest absolute Gasteiger partial charge is 0.120 e. The average Bonchev–Trinajstić information content (AvgIpc) is 2.38. The van der Waals surface area contributed by atoms with Crippen LogP contribution in [0.25, 0.3) is 11.1 Å². The fourth-order valence-electron chi connectivity index (χ4n) is 1.77. The number of benzene rings is 2. The summed E-state index contributed by atoms with van der Waals surface area (Å²) in [4.78, 5) is 0. The van der Waals surface area contributed by atoms with Crippen molar-refractivity contribution < 1.29 is 4.74 Å². The SMILES string of the molecule is COc1cc(C#N)cc(-c2cccc(C)c2)c1. The predicted octanol–water partition coefficient (Wildman–Crippen LogP) is 3.54. The highest BCUT2D eigenvalue weighted by Crippen LogP contribution is 2.26. The molecule has 2 aromatic rings. The fraction of sp³-hybridized carbons (Fsp3) is 0.133. The van der Waals surface area contributed by atoms with Crippen molar-refractivity contribution in [1.82, 2.24) is 0 Å². The lowest BCUT2D eigenvalue weighted by atomic mass is 10.0. The Hall–Kier alpha value is -2.27. The molecule has 0 saturated heterocycles. The van der Waals surface area contributed by atoms with Gasteiger partial charge in [-0.05, 0) is 36.2 Å². The lowest BCUT2D eigenvalue weighted by Crippen LogP contribution is -1.87. The van der Waals surface area contributed by atoms with Gasteiger partial charge in [-0.1, -0.05) is 29.8 Å². The first-order valence-electron chi connectivity index (χ1n) is 5.39. The van der Waals surface area contributed by atoms with E-state index in [0.717, 1.165) is 11.1 Å². The second-order valence-corrected chi connectivity index (χ2v) is 3.93. The van der Waals surface area contributed by atoms with Crippen LogP contribution in [0.15, 0.2) is 42.5 Å². The van der Waals surface area contributed by atoms with Gasteiger partial charge in [-0.15, -0.1) is 0 Å². The molecule has 2 rings (SSSR count). The maximum atomic E-state index is 8.98. The lowest BCUT2D eigenvalue weighted by Gasteiger charge is -2.06. The van der Waals surface area contributed by atoms with E-state index in [9.17, 15) is 0 Å². The number of hydrogen-bond acceptors (Lipinski definition) is 2. The summed E-state index contributed by atoms with van der Waals surface area (Å²) in [6.07, 6.45) is 0. The van der Waals surface area contributed by atoms with Gasteiger partial charge in [-0.2, -0.15) is 5.26 Å². The summed E-state index contributed by atoms with van der Waals surface area (Å²) in [5.74, 6) is 0.709. The Kier molecular flexibility index (Phi) is 3.11. The Balaban J connectivity index is 2.55. The molecule has 0 aromatic heterocycles. The molecule has 0 radical (unpaired) electrons. The molecule has 0 fully saturated rings. The highest BCUT2D eigenvalue weighted by molar-refractivity contribution is 5.67. The van der Waals surface area contributed by atoms with Crippen molar-refractivity contribution >= 4 is 0 Å². The topological polar surface area (TPSA) is 33.0 Å². The van der Waals surface area contributed by atoms with Gasteiger partial charge in [0.25, 0.3) is 0 Å². The van der Waals surface area contributed by atoms with Gasteiger partial charge in [0.15, 0.2) is 0 Å². The van der Waals surface area contributed by atoms with Crippen molar-refractivity contribution in [3.05, 3.63) is 53.6 Å². The Labute approximate surface area is 101 Å². The number of nitrogens with zero attached hydrogens (tertiary/aromatic N) is 1. The number of hydrogen-bond donors (Lipinski definition) is 0. The van der Waals surface area contributed by atoms with Crippen LogP contribution in [-0.4, -0.2) is 7.11 Å². The molecule has 0 N–H and O–H groups in total. The van der Waals surface area contributed by atoms with Crippen LogP contribution in [0.5, 0.6) is 5.75 Å². The largest absolute Gasteiger partial charge is 0.497 e. The third-order valence-corrected chi connectivity index (χ3v) is 2.62. The molecule has 2 heteroatoms. The molecule has 0 saturated carbocycles. The van der Waals surface area contributed by atoms with E-state index in [1.54, 1.807) is 13.2 Å². The zero-order valence-corrected chi connectivity index (χ0v) is 9.90. The fourth-order valence-corrected chi connectivity index (χ4v) is 1.77. The first-order chi connectivity index (χ1) is 8.22. The lowest BCUT2D eigenvalue weighted by molar-refractivity contribution is 0.415. The monoisotopic (exact) mass is 223 g/mol. The maximum absolute atomic E-state index is 8.98. The number of ether oxygens (including phenoxy) is 1. The summed E-state index contributed by atoms with van der Waals surface area (Å²) >= 11 is 0.